The second kappa shape index (κ2) is 7.70. The fourth-order valence-electron chi connectivity index (χ4n) is 1.22. The smallest absolute Gasteiger partial charge is 0.314 e. The molecule has 0 fully saturated rings. The van der Waals surface area contributed by atoms with E-state index >= 15 is 0 Å². The van der Waals surface area contributed by atoms with Gasteiger partial charge in [0.15, 0.2) is 0 Å². The van der Waals surface area contributed by atoms with E-state index in [0.717, 1.165) is 13.0 Å². The maximum absolute atomic E-state index is 11.2. The number of rotatable bonds is 7. The SMILES string of the molecule is O=C(NCCCO)NCCCn1cccn1. The number of aliphatic hydroxyl groups is 1. The summed E-state index contributed by atoms with van der Waals surface area (Å²) in [6.07, 6.45) is 5.05. The molecule has 0 radical (unpaired) electrons. The lowest BCUT2D eigenvalue weighted by Crippen LogP contribution is -2.37. The Balaban J connectivity index is 1.96. The Bertz CT molecular complexity index is 287. The van der Waals surface area contributed by atoms with E-state index in [9.17, 15) is 4.79 Å². The highest BCUT2D eigenvalue weighted by Gasteiger charge is 1.97. The van der Waals surface area contributed by atoms with Gasteiger partial charge in [0.2, 0.25) is 0 Å². The zero-order valence-corrected chi connectivity index (χ0v) is 9.22. The van der Waals surface area contributed by atoms with Crippen molar-refractivity contribution in [1.29, 1.82) is 0 Å². The first-order valence-corrected chi connectivity index (χ1v) is 5.43. The van der Waals surface area contributed by atoms with E-state index in [1.165, 1.54) is 0 Å². The van der Waals surface area contributed by atoms with Crippen LogP contribution in [-0.4, -0.2) is 40.6 Å². The van der Waals surface area contributed by atoms with Gasteiger partial charge in [0, 0.05) is 38.6 Å². The van der Waals surface area contributed by atoms with Gasteiger partial charge in [0.25, 0.3) is 0 Å². The minimum Gasteiger partial charge on any atom is -0.396 e. The Morgan fingerprint density at radius 1 is 1.31 bits per heavy atom. The summed E-state index contributed by atoms with van der Waals surface area (Å²) in [4.78, 5) is 11.2. The zero-order valence-electron chi connectivity index (χ0n) is 9.22. The Morgan fingerprint density at radius 3 is 2.69 bits per heavy atom. The third kappa shape index (κ3) is 5.35. The molecule has 1 aromatic rings. The first-order valence-electron chi connectivity index (χ1n) is 5.43. The van der Waals surface area contributed by atoms with Crippen LogP contribution in [0, 0.1) is 0 Å². The molecule has 0 atom stereocenters. The largest absolute Gasteiger partial charge is 0.396 e. The summed E-state index contributed by atoms with van der Waals surface area (Å²) < 4.78 is 1.82. The number of aliphatic hydroxyl groups excluding tert-OH is 1. The number of aryl methyl sites for hydroxylation is 1. The fourth-order valence-corrected chi connectivity index (χ4v) is 1.22. The molecule has 0 unspecified atom stereocenters. The lowest BCUT2D eigenvalue weighted by atomic mass is 10.4. The maximum atomic E-state index is 11.2. The standard InChI is InChI=1S/C10H18N4O2/c15-9-3-5-12-10(16)11-4-1-7-14-8-2-6-13-14/h2,6,8,15H,1,3-5,7,9H2,(H2,11,12,16). The van der Waals surface area contributed by atoms with Crippen molar-refractivity contribution in [1.82, 2.24) is 20.4 Å². The first kappa shape index (κ1) is 12.5. The molecule has 0 bridgehead atoms. The monoisotopic (exact) mass is 226 g/mol. The molecule has 2 amide bonds. The Labute approximate surface area is 94.6 Å². The van der Waals surface area contributed by atoms with Gasteiger partial charge in [-0.1, -0.05) is 0 Å². The molecule has 0 aliphatic carbocycles. The number of carbonyl (C=O) groups is 1. The molecule has 0 aromatic carbocycles. The van der Waals surface area contributed by atoms with Gasteiger partial charge in [-0.2, -0.15) is 5.10 Å². The number of hydrogen-bond acceptors (Lipinski definition) is 3. The molecule has 0 spiro atoms. The van der Waals surface area contributed by atoms with Crippen molar-refractivity contribution in [2.45, 2.75) is 19.4 Å². The van der Waals surface area contributed by atoms with E-state index in [1.807, 2.05) is 16.9 Å². The first-order chi connectivity index (χ1) is 7.83. The molecule has 6 heteroatoms. The van der Waals surface area contributed by atoms with Crippen molar-refractivity contribution in [3.8, 4) is 0 Å². The van der Waals surface area contributed by atoms with E-state index in [2.05, 4.69) is 15.7 Å². The van der Waals surface area contributed by atoms with Crippen LogP contribution in [0.4, 0.5) is 4.79 Å². The molecule has 1 heterocycles. The molecule has 0 saturated heterocycles. The summed E-state index contributed by atoms with van der Waals surface area (Å²) in [6.45, 7) is 2.01. The summed E-state index contributed by atoms with van der Waals surface area (Å²) in [6, 6.07) is 1.68. The predicted octanol–water partition coefficient (Wildman–Crippen LogP) is -0.0452. The number of carbonyl (C=O) groups excluding carboxylic acids is 1. The van der Waals surface area contributed by atoms with Gasteiger partial charge in [-0.15, -0.1) is 0 Å². The molecule has 1 rings (SSSR count). The average Bonchev–Trinajstić information content (AvgIpc) is 2.78. The van der Waals surface area contributed by atoms with Crippen molar-refractivity contribution >= 4 is 6.03 Å². The molecule has 0 aliphatic rings. The summed E-state index contributed by atoms with van der Waals surface area (Å²) in [5.41, 5.74) is 0. The number of amides is 2. The van der Waals surface area contributed by atoms with Gasteiger partial charge in [-0.05, 0) is 18.9 Å². The third-order valence-electron chi connectivity index (χ3n) is 2.03. The van der Waals surface area contributed by atoms with Crippen LogP contribution in [0.2, 0.25) is 0 Å². The molecule has 16 heavy (non-hydrogen) atoms. The van der Waals surface area contributed by atoms with Gasteiger partial charge in [-0.3, -0.25) is 4.68 Å². The van der Waals surface area contributed by atoms with Gasteiger partial charge < -0.3 is 15.7 Å². The van der Waals surface area contributed by atoms with Crippen LogP contribution < -0.4 is 10.6 Å². The van der Waals surface area contributed by atoms with E-state index < -0.39 is 0 Å². The highest BCUT2D eigenvalue weighted by Crippen LogP contribution is 1.87. The van der Waals surface area contributed by atoms with Crippen molar-refractivity contribution < 1.29 is 9.90 Å². The van der Waals surface area contributed by atoms with Crippen molar-refractivity contribution in [3.63, 3.8) is 0 Å². The summed E-state index contributed by atoms with van der Waals surface area (Å²) >= 11 is 0. The molecule has 1 aromatic heterocycles. The average molecular weight is 226 g/mol. The third-order valence-corrected chi connectivity index (χ3v) is 2.03. The number of urea groups is 1. The van der Waals surface area contributed by atoms with Gasteiger partial charge in [0.05, 0.1) is 0 Å². The van der Waals surface area contributed by atoms with E-state index in [-0.39, 0.29) is 12.6 Å². The number of aromatic nitrogens is 2. The fraction of sp³-hybridized carbons (Fsp3) is 0.600. The number of hydrogen-bond donors (Lipinski definition) is 3. The van der Waals surface area contributed by atoms with Crippen LogP contribution >= 0.6 is 0 Å². The molecule has 3 N–H and O–H groups in total. The molecular formula is C10H18N4O2. The second-order valence-electron chi connectivity index (χ2n) is 3.38. The van der Waals surface area contributed by atoms with Crippen LogP contribution in [0.15, 0.2) is 18.5 Å². The van der Waals surface area contributed by atoms with Crippen LogP contribution in [0.3, 0.4) is 0 Å². The number of nitrogens with zero attached hydrogens (tertiary/aromatic N) is 2. The molecule has 6 nitrogen and oxygen atoms in total. The zero-order chi connectivity index (χ0) is 11.6. The lowest BCUT2D eigenvalue weighted by molar-refractivity contribution is 0.238. The topological polar surface area (TPSA) is 79.2 Å². The lowest BCUT2D eigenvalue weighted by Gasteiger charge is -2.06. The molecule has 90 valence electrons. The molecular weight excluding hydrogens is 208 g/mol. The van der Waals surface area contributed by atoms with Crippen LogP contribution in [0.5, 0.6) is 0 Å². The Kier molecular flexibility index (Phi) is 6.02. The highest BCUT2D eigenvalue weighted by molar-refractivity contribution is 5.73. The predicted molar refractivity (Wildman–Crippen MR) is 59.9 cm³/mol. The van der Waals surface area contributed by atoms with Gasteiger partial charge >= 0.3 is 6.03 Å². The highest BCUT2D eigenvalue weighted by atomic mass is 16.3. The molecule has 0 aliphatic heterocycles. The van der Waals surface area contributed by atoms with E-state index in [4.69, 9.17) is 5.11 Å². The summed E-state index contributed by atoms with van der Waals surface area (Å²) in [5.74, 6) is 0. The summed E-state index contributed by atoms with van der Waals surface area (Å²) in [7, 11) is 0. The molecule has 0 saturated carbocycles. The normalized spacial score (nSPS) is 10.1. The van der Waals surface area contributed by atoms with Crippen molar-refractivity contribution in [2.24, 2.45) is 0 Å². The Hall–Kier alpha value is -1.56. The maximum Gasteiger partial charge on any atom is 0.314 e. The quantitative estimate of drug-likeness (QED) is 0.570. The van der Waals surface area contributed by atoms with Crippen LogP contribution in [0.25, 0.3) is 0 Å². The van der Waals surface area contributed by atoms with Crippen LogP contribution in [0.1, 0.15) is 12.8 Å². The van der Waals surface area contributed by atoms with E-state index in [1.54, 1.807) is 6.20 Å². The van der Waals surface area contributed by atoms with E-state index in [0.29, 0.717) is 19.5 Å². The van der Waals surface area contributed by atoms with Crippen LogP contribution in [-0.2, 0) is 6.54 Å². The van der Waals surface area contributed by atoms with Crippen molar-refractivity contribution in [2.75, 3.05) is 19.7 Å². The number of nitrogens with one attached hydrogen (secondary N) is 2. The van der Waals surface area contributed by atoms with Crippen molar-refractivity contribution in [3.05, 3.63) is 18.5 Å². The minimum absolute atomic E-state index is 0.0968. The summed E-state index contributed by atoms with van der Waals surface area (Å²) in [5, 5.41) is 17.9. The Morgan fingerprint density at radius 2 is 2.06 bits per heavy atom. The van der Waals surface area contributed by atoms with Gasteiger partial charge in [-0.25, -0.2) is 4.79 Å². The second-order valence-corrected chi connectivity index (χ2v) is 3.38. The minimum atomic E-state index is -0.186. The van der Waals surface area contributed by atoms with Gasteiger partial charge in [0.1, 0.15) is 0 Å².